The standard InChI is InChI=1S/C23H31N5O2/c1-4-18(3)28(22(29)5-2)17-23(30)27-15-13-26(14-16-27)21-12-11-20(24-25-21)19-9-7-6-8-10-19/h6-12,18H,4-5,13-17H2,1-3H3/t18-/m1/s1. The lowest BCUT2D eigenvalue weighted by Gasteiger charge is -2.37. The molecular formula is C23H31N5O2. The van der Waals surface area contributed by atoms with Crippen LogP contribution in [0.5, 0.6) is 0 Å². The second kappa shape index (κ2) is 10.2. The summed E-state index contributed by atoms with van der Waals surface area (Å²) >= 11 is 0. The predicted molar refractivity (Wildman–Crippen MR) is 118 cm³/mol. The molecule has 7 nitrogen and oxygen atoms in total. The van der Waals surface area contributed by atoms with E-state index in [1.165, 1.54) is 0 Å². The van der Waals surface area contributed by atoms with E-state index in [9.17, 15) is 9.59 Å². The van der Waals surface area contributed by atoms with Crippen molar-refractivity contribution in [1.29, 1.82) is 0 Å². The molecule has 3 rings (SSSR count). The van der Waals surface area contributed by atoms with Crippen LogP contribution in [0.15, 0.2) is 42.5 Å². The van der Waals surface area contributed by atoms with Crippen molar-refractivity contribution in [2.45, 2.75) is 39.7 Å². The van der Waals surface area contributed by atoms with E-state index in [1.807, 2.05) is 68.1 Å². The zero-order valence-electron chi connectivity index (χ0n) is 18.1. The van der Waals surface area contributed by atoms with Gasteiger partial charge < -0.3 is 14.7 Å². The summed E-state index contributed by atoms with van der Waals surface area (Å²) in [5.41, 5.74) is 1.89. The van der Waals surface area contributed by atoms with E-state index in [0.717, 1.165) is 23.5 Å². The molecule has 0 N–H and O–H groups in total. The van der Waals surface area contributed by atoms with Crippen LogP contribution in [0.1, 0.15) is 33.6 Å². The Balaban J connectivity index is 1.56. The van der Waals surface area contributed by atoms with Crippen LogP contribution in [0, 0.1) is 0 Å². The number of rotatable bonds is 7. The first-order valence-electron chi connectivity index (χ1n) is 10.7. The third kappa shape index (κ3) is 5.14. The smallest absolute Gasteiger partial charge is 0.242 e. The molecule has 1 aliphatic rings. The fourth-order valence-corrected chi connectivity index (χ4v) is 3.60. The molecule has 1 aromatic carbocycles. The first-order valence-corrected chi connectivity index (χ1v) is 10.7. The van der Waals surface area contributed by atoms with Crippen molar-refractivity contribution in [2.75, 3.05) is 37.6 Å². The molecule has 1 fully saturated rings. The summed E-state index contributed by atoms with van der Waals surface area (Å²) < 4.78 is 0. The van der Waals surface area contributed by atoms with Gasteiger partial charge in [0.25, 0.3) is 0 Å². The lowest BCUT2D eigenvalue weighted by atomic mass is 10.1. The number of carbonyl (C=O) groups is 2. The SMILES string of the molecule is CCC(=O)N(CC(=O)N1CCN(c2ccc(-c3ccccc3)nn2)CC1)[C@H](C)CC. The molecule has 1 saturated heterocycles. The van der Waals surface area contributed by atoms with Crippen LogP contribution < -0.4 is 4.90 Å². The maximum Gasteiger partial charge on any atom is 0.242 e. The summed E-state index contributed by atoms with van der Waals surface area (Å²) in [4.78, 5) is 30.7. The summed E-state index contributed by atoms with van der Waals surface area (Å²) in [6.07, 6.45) is 1.26. The summed E-state index contributed by atoms with van der Waals surface area (Å²) in [5, 5.41) is 8.74. The van der Waals surface area contributed by atoms with Crippen LogP contribution in [-0.2, 0) is 9.59 Å². The van der Waals surface area contributed by atoms with E-state index < -0.39 is 0 Å². The first-order chi connectivity index (χ1) is 14.5. The Kier molecular flexibility index (Phi) is 7.38. The average Bonchev–Trinajstić information content (AvgIpc) is 2.82. The van der Waals surface area contributed by atoms with Crippen molar-refractivity contribution < 1.29 is 9.59 Å². The maximum atomic E-state index is 12.8. The van der Waals surface area contributed by atoms with Gasteiger partial charge >= 0.3 is 0 Å². The predicted octanol–water partition coefficient (Wildman–Crippen LogP) is 2.83. The Hall–Kier alpha value is -2.96. The molecule has 0 saturated carbocycles. The van der Waals surface area contributed by atoms with E-state index in [2.05, 4.69) is 15.1 Å². The van der Waals surface area contributed by atoms with Crippen molar-refractivity contribution in [2.24, 2.45) is 0 Å². The van der Waals surface area contributed by atoms with Crippen molar-refractivity contribution >= 4 is 17.6 Å². The fourth-order valence-electron chi connectivity index (χ4n) is 3.60. The van der Waals surface area contributed by atoms with Crippen molar-refractivity contribution in [3.05, 3.63) is 42.5 Å². The van der Waals surface area contributed by atoms with Gasteiger partial charge in [0.2, 0.25) is 11.8 Å². The van der Waals surface area contributed by atoms with Gasteiger partial charge in [0.05, 0.1) is 12.2 Å². The number of piperazine rings is 1. The highest BCUT2D eigenvalue weighted by molar-refractivity contribution is 5.85. The number of amides is 2. The lowest BCUT2D eigenvalue weighted by molar-refractivity contribution is -0.142. The summed E-state index contributed by atoms with van der Waals surface area (Å²) in [6.45, 7) is 8.68. The molecule has 7 heteroatoms. The van der Waals surface area contributed by atoms with Gasteiger partial charge in [0, 0.05) is 44.2 Å². The Morgan fingerprint density at radius 3 is 2.27 bits per heavy atom. The topological polar surface area (TPSA) is 69.6 Å². The zero-order chi connectivity index (χ0) is 21.5. The monoisotopic (exact) mass is 409 g/mol. The summed E-state index contributed by atoms with van der Waals surface area (Å²) in [5.74, 6) is 0.872. The van der Waals surface area contributed by atoms with Crippen LogP contribution in [0.4, 0.5) is 5.82 Å². The highest BCUT2D eigenvalue weighted by atomic mass is 16.2. The molecule has 2 amide bonds. The van der Waals surface area contributed by atoms with Crippen LogP contribution in [0.25, 0.3) is 11.3 Å². The van der Waals surface area contributed by atoms with Gasteiger partial charge in [-0.2, -0.15) is 0 Å². The molecule has 0 spiro atoms. The highest BCUT2D eigenvalue weighted by Gasteiger charge is 2.26. The van der Waals surface area contributed by atoms with E-state index in [4.69, 9.17) is 0 Å². The second-order valence-electron chi connectivity index (χ2n) is 7.64. The van der Waals surface area contributed by atoms with Gasteiger partial charge in [-0.1, -0.05) is 44.2 Å². The molecule has 1 atom stereocenters. The van der Waals surface area contributed by atoms with Gasteiger partial charge in [0.15, 0.2) is 5.82 Å². The number of hydrogen-bond donors (Lipinski definition) is 0. The molecule has 0 radical (unpaired) electrons. The van der Waals surface area contributed by atoms with Gasteiger partial charge in [-0.05, 0) is 25.5 Å². The number of nitrogens with zero attached hydrogens (tertiary/aromatic N) is 5. The minimum Gasteiger partial charge on any atom is -0.352 e. The van der Waals surface area contributed by atoms with Crippen LogP contribution in [0.2, 0.25) is 0 Å². The minimum absolute atomic E-state index is 0.0160. The zero-order valence-corrected chi connectivity index (χ0v) is 18.1. The maximum absolute atomic E-state index is 12.8. The number of carbonyl (C=O) groups excluding carboxylic acids is 2. The van der Waals surface area contributed by atoms with E-state index >= 15 is 0 Å². The largest absolute Gasteiger partial charge is 0.352 e. The molecule has 0 unspecified atom stereocenters. The Labute approximate surface area is 178 Å². The van der Waals surface area contributed by atoms with Crippen LogP contribution >= 0.6 is 0 Å². The van der Waals surface area contributed by atoms with Gasteiger partial charge in [-0.15, -0.1) is 10.2 Å². The van der Waals surface area contributed by atoms with Crippen LogP contribution in [-0.4, -0.2) is 70.6 Å². The van der Waals surface area contributed by atoms with E-state index in [-0.39, 0.29) is 24.4 Å². The minimum atomic E-state index is 0.0160. The lowest BCUT2D eigenvalue weighted by Crippen LogP contribution is -2.53. The quantitative estimate of drug-likeness (QED) is 0.703. The average molecular weight is 410 g/mol. The van der Waals surface area contributed by atoms with Gasteiger partial charge in [0.1, 0.15) is 0 Å². The highest BCUT2D eigenvalue weighted by Crippen LogP contribution is 2.19. The fraction of sp³-hybridized carbons (Fsp3) is 0.478. The summed E-state index contributed by atoms with van der Waals surface area (Å²) in [7, 11) is 0. The second-order valence-corrected chi connectivity index (χ2v) is 7.64. The first kappa shape index (κ1) is 21.7. The molecule has 160 valence electrons. The Bertz CT molecular complexity index is 832. The molecule has 2 aromatic rings. The normalized spacial score (nSPS) is 15.0. The number of hydrogen-bond acceptors (Lipinski definition) is 5. The van der Waals surface area contributed by atoms with Crippen molar-refractivity contribution in [3.63, 3.8) is 0 Å². The van der Waals surface area contributed by atoms with E-state index in [0.29, 0.717) is 32.6 Å². The molecule has 2 heterocycles. The number of benzene rings is 1. The Morgan fingerprint density at radius 2 is 1.70 bits per heavy atom. The Morgan fingerprint density at radius 1 is 1.00 bits per heavy atom. The van der Waals surface area contributed by atoms with Gasteiger partial charge in [-0.3, -0.25) is 9.59 Å². The van der Waals surface area contributed by atoms with Crippen molar-refractivity contribution in [1.82, 2.24) is 20.0 Å². The molecular weight excluding hydrogens is 378 g/mol. The van der Waals surface area contributed by atoms with E-state index in [1.54, 1.807) is 4.90 Å². The van der Waals surface area contributed by atoms with Gasteiger partial charge in [-0.25, -0.2) is 0 Å². The molecule has 0 aliphatic carbocycles. The molecule has 1 aromatic heterocycles. The molecule has 1 aliphatic heterocycles. The number of aromatic nitrogens is 2. The molecule has 30 heavy (non-hydrogen) atoms. The molecule has 0 bridgehead atoms. The number of anilines is 1. The third-order valence-corrected chi connectivity index (χ3v) is 5.73. The summed E-state index contributed by atoms with van der Waals surface area (Å²) in [6, 6.07) is 14.0. The van der Waals surface area contributed by atoms with Crippen LogP contribution in [0.3, 0.4) is 0 Å². The third-order valence-electron chi connectivity index (χ3n) is 5.73. The van der Waals surface area contributed by atoms with Crippen molar-refractivity contribution in [3.8, 4) is 11.3 Å².